The highest BCUT2D eigenvalue weighted by molar-refractivity contribution is 5.75. The third-order valence-corrected chi connectivity index (χ3v) is 4.94. The van der Waals surface area contributed by atoms with Gasteiger partial charge in [0.1, 0.15) is 18.2 Å². The van der Waals surface area contributed by atoms with Crippen molar-refractivity contribution in [2.75, 3.05) is 13.2 Å². The van der Waals surface area contributed by atoms with Gasteiger partial charge < -0.3 is 14.4 Å². The Morgan fingerprint density at radius 2 is 1.88 bits per heavy atom. The van der Waals surface area contributed by atoms with E-state index in [9.17, 15) is 0 Å². The zero-order valence-corrected chi connectivity index (χ0v) is 15.7. The molecule has 0 amide bonds. The van der Waals surface area contributed by atoms with Crippen molar-refractivity contribution >= 4 is 11.0 Å². The maximum absolute atomic E-state index is 9.14. The first-order chi connectivity index (χ1) is 12.7. The highest BCUT2D eigenvalue weighted by Crippen LogP contribution is 2.22. The summed E-state index contributed by atoms with van der Waals surface area (Å²) in [5.74, 6) is 2.49. The van der Waals surface area contributed by atoms with E-state index in [0.717, 1.165) is 48.4 Å². The number of hydrogen-bond donors (Lipinski definition) is 1. The van der Waals surface area contributed by atoms with Crippen LogP contribution in [-0.4, -0.2) is 27.9 Å². The summed E-state index contributed by atoms with van der Waals surface area (Å²) >= 11 is 0. The number of imidazole rings is 1. The Balaban J connectivity index is 1.67. The van der Waals surface area contributed by atoms with Gasteiger partial charge in [-0.25, -0.2) is 4.98 Å². The van der Waals surface area contributed by atoms with Gasteiger partial charge in [0.05, 0.1) is 17.6 Å². The Morgan fingerprint density at radius 3 is 2.62 bits per heavy atom. The summed E-state index contributed by atoms with van der Waals surface area (Å²) < 4.78 is 8.16. The van der Waals surface area contributed by atoms with Crippen LogP contribution in [-0.2, 0) is 13.0 Å². The van der Waals surface area contributed by atoms with Gasteiger partial charge in [-0.1, -0.05) is 38.1 Å². The molecule has 4 heteroatoms. The van der Waals surface area contributed by atoms with Crippen LogP contribution in [0.2, 0.25) is 0 Å². The molecule has 0 bridgehead atoms. The topological polar surface area (TPSA) is 47.3 Å². The molecular weight excluding hydrogens is 324 g/mol. The molecule has 3 rings (SSSR count). The molecule has 0 spiro atoms. The number of hydrogen-bond acceptors (Lipinski definition) is 3. The number of aliphatic hydroxyl groups is 1. The minimum atomic E-state index is 0.183. The maximum Gasteiger partial charge on any atom is 0.119 e. The van der Waals surface area contributed by atoms with Crippen molar-refractivity contribution in [3.05, 3.63) is 59.9 Å². The maximum atomic E-state index is 9.14. The van der Waals surface area contributed by atoms with Gasteiger partial charge in [0, 0.05) is 13.0 Å². The Hall–Kier alpha value is -2.33. The zero-order valence-electron chi connectivity index (χ0n) is 15.7. The van der Waals surface area contributed by atoms with Crippen molar-refractivity contribution in [2.45, 2.75) is 45.6 Å². The molecule has 4 nitrogen and oxygen atoms in total. The van der Waals surface area contributed by atoms with Crippen LogP contribution in [0, 0.1) is 0 Å². The molecule has 0 aliphatic rings. The molecule has 1 atom stereocenters. The largest absolute Gasteiger partial charge is 0.492 e. The van der Waals surface area contributed by atoms with Crippen molar-refractivity contribution in [3.8, 4) is 5.75 Å². The summed E-state index contributed by atoms with van der Waals surface area (Å²) in [5, 5.41) is 9.14. The molecule has 0 fully saturated rings. The molecule has 0 aliphatic carbocycles. The van der Waals surface area contributed by atoms with Crippen LogP contribution < -0.4 is 4.74 Å². The lowest BCUT2D eigenvalue weighted by molar-refractivity contribution is 0.283. The molecule has 0 aliphatic heterocycles. The number of nitrogens with zero attached hydrogens (tertiary/aromatic N) is 2. The average molecular weight is 352 g/mol. The van der Waals surface area contributed by atoms with Crippen molar-refractivity contribution in [3.63, 3.8) is 0 Å². The summed E-state index contributed by atoms with van der Waals surface area (Å²) in [6.45, 7) is 5.97. The SMILES string of the molecule is CCC(C)c1ccc(OCCn2c(CCCO)nc3ccccc32)cc1. The second-order valence-corrected chi connectivity index (χ2v) is 6.72. The van der Waals surface area contributed by atoms with Gasteiger partial charge in [-0.05, 0) is 48.6 Å². The minimum absolute atomic E-state index is 0.183. The van der Waals surface area contributed by atoms with Crippen LogP contribution >= 0.6 is 0 Å². The number of aromatic nitrogens is 2. The summed E-state index contributed by atoms with van der Waals surface area (Å²) in [4.78, 5) is 4.71. The van der Waals surface area contributed by atoms with E-state index in [-0.39, 0.29) is 6.61 Å². The lowest BCUT2D eigenvalue weighted by Gasteiger charge is -2.12. The number of benzene rings is 2. The van der Waals surface area contributed by atoms with Crippen LogP contribution in [0.3, 0.4) is 0 Å². The first-order valence-corrected chi connectivity index (χ1v) is 9.50. The number of ether oxygens (including phenoxy) is 1. The monoisotopic (exact) mass is 352 g/mol. The zero-order chi connectivity index (χ0) is 18.4. The van der Waals surface area contributed by atoms with Crippen LogP contribution in [0.15, 0.2) is 48.5 Å². The normalized spacial score (nSPS) is 12.4. The Morgan fingerprint density at radius 1 is 1.12 bits per heavy atom. The number of fused-ring (bicyclic) bond motifs is 1. The van der Waals surface area contributed by atoms with Gasteiger partial charge in [0.15, 0.2) is 0 Å². The molecule has 0 radical (unpaired) electrons. The van der Waals surface area contributed by atoms with Crippen molar-refractivity contribution < 1.29 is 9.84 Å². The fraction of sp³-hybridized carbons (Fsp3) is 0.409. The summed E-state index contributed by atoms with van der Waals surface area (Å²) in [7, 11) is 0. The molecule has 2 aromatic carbocycles. The third kappa shape index (κ3) is 4.25. The molecule has 1 aromatic heterocycles. The van der Waals surface area contributed by atoms with E-state index in [1.807, 2.05) is 18.2 Å². The third-order valence-electron chi connectivity index (χ3n) is 4.94. The lowest BCUT2D eigenvalue weighted by Crippen LogP contribution is -2.11. The molecule has 26 heavy (non-hydrogen) atoms. The highest BCUT2D eigenvalue weighted by atomic mass is 16.5. The molecule has 1 heterocycles. The van der Waals surface area contributed by atoms with Gasteiger partial charge in [0.25, 0.3) is 0 Å². The van der Waals surface area contributed by atoms with Gasteiger partial charge in [0.2, 0.25) is 0 Å². The van der Waals surface area contributed by atoms with Gasteiger partial charge >= 0.3 is 0 Å². The smallest absolute Gasteiger partial charge is 0.119 e. The highest BCUT2D eigenvalue weighted by Gasteiger charge is 2.10. The minimum Gasteiger partial charge on any atom is -0.492 e. The van der Waals surface area contributed by atoms with E-state index in [0.29, 0.717) is 12.5 Å². The first kappa shape index (κ1) is 18.5. The first-order valence-electron chi connectivity index (χ1n) is 9.50. The molecule has 138 valence electrons. The van der Waals surface area contributed by atoms with E-state index in [4.69, 9.17) is 14.8 Å². The Labute approximate surface area is 155 Å². The fourth-order valence-corrected chi connectivity index (χ4v) is 3.19. The number of aryl methyl sites for hydroxylation is 1. The number of aliphatic hydroxyl groups excluding tert-OH is 1. The quantitative estimate of drug-likeness (QED) is 0.614. The van der Waals surface area contributed by atoms with Crippen LogP contribution in [0.5, 0.6) is 5.75 Å². The second-order valence-electron chi connectivity index (χ2n) is 6.72. The van der Waals surface area contributed by atoms with Gasteiger partial charge in [-0.2, -0.15) is 0 Å². The van der Waals surface area contributed by atoms with Crippen molar-refractivity contribution in [1.29, 1.82) is 0 Å². The van der Waals surface area contributed by atoms with Crippen molar-refractivity contribution in [2.24, 2.45) is 0 Å². The number of rotatable bonds is 9. The summed E-state index contributed by atoms with van der Waals surface area (Å²) in [6, 6.07) is 16.6. The van der Waals surface area contributed by atoms with E-state index in [1.54, 1.807) is 0 Å². The van der Waals surface area contributed by atoms with E-state index in [1.165, 1.54) is 5.56 Å². The lowest BCUT2D eigenvalue weighted by atomic mass is 9.99. The van der Waals surface area contributed by atoms with Crippen LogP contribution in [0.1, 0.15) is 44.0 Å². The summed E-state index contributed by atoms with van der Waals surface area (Å²) in [5.41, 5.74) is 3.47. The van der Waals surface area contributed by atoms with Crippen LogP contribution in [0.25, 0.3) is 11.0 Å². The van der Waals surface area contributed by atoms with E-state index in [2.05, 4.69) is 48.7 Å². The van der Waals surface area contributed by atoms with Crippen molar-refractivity contribution in [1.82, 2.24) is 9.55 Å². The fourth-order valence-electron chi connectivity index (χ4n) is 3.19. The molecule has 1 N–H and O–H groups in total. The second kappa shape index (κ2) is 8.86. The number of para-hydroxylation sites is 2. The average Bonchev–Trinajstić information content (AvgIpc) is 3.04. The molecular formula is C22H28N2O2. The van der Waals surface area contributed by atoms with Crippen LogP contribution in [0.4, 0.5) is 0 Å². The molecule has 1 unspecified atom stereocenters. The predicted octanol–water partition coefficient (Wildman–Crippen LogP) is 4.55. The molecule has 0 saturated heterocycles. The molecule has 3 aromatic rings. The van der Waals surface area contributed by atoms with E-state index < -0.39 is 0 Å². The van der Waals surface area contributed by atoms with E-state index >= 15 is 0 Å². The summed E-state index contributed by atoms with van der Waals surface area (Å²) in [6.07, 6.45) is 2.64. The predicted molar refractivity (Wildman–Crippen MR) is 106 cm³/mol. The van der Waals surface area contributed by atoms with Gasteiger partial charge in [-0.15, -0.1) is 0 Å². The molecule has 0 saturated carbocycles. The Bertz CT molecular complexity index is 824. The standard InChI is InChI=1S/C22H28N2O2/c1-3-17(2)18-10-12-19(13-11-18)26-16-14-24-21-8-5-4-7-20(21)23-22(24)9-6-15-25/h4-5,7-8,10-13,17,25H,3,6,9,14-16H2,1-2H3. The Kier molecular flexibility index (Phi) is 6.29. The van der Waals surface area contributed by atoms with Gasteiger partial charge in [-0.3, -0.25) is 0 Å².